The number of aldehydes is 1. The maximum atomic E-state index is 11.4. The third kappa shape index (κ3) is 3.18. The van der Waals surface area contributed by atoms with Crippen LogP contribution in [0.5, 0.6) is 11.5 Å². The average Bonchev–Trinajstić information content (AvgIpc) is 2.53. The first kappa shape index (κ1) is 14.1. The van der Waals surface area contributed by atoms with Crippen LogP contribution in [0.1, 0.15) is 17.0 Å². The second-order valence-electron chi connectivity index (χ2n) is 4.55. The largest absolute Gasteiger partial charge is 0.493 e. The number of hydrogen-bond donors (Lipinski definition) is 0. The van der Waals surface area contributed by atoms with Gasteiger partial charge in [0.25, 0.3) is 0 Å². The molecule has 0 saturated carbocycles. The minimum absolute atomic E-state index is 0.183. The van der Waals surface area contributed by atoms with Crippen LogP contribution in [0, 0.1) is 0 Å². The van der Waals surface area contributed by atoms with E-state index < -0.39 is 0 Å². The van der Waals surface area contributed by atoms with E-state index >= 15 is 0 Å². The van der Waals surface area contributed by atoms with Gasteiger partial charge in [-0.1, -0.05) is 36.4 Å². The molecule has 2 aromatic rings. The molecule has 0 radical (unpaired) electrons. The molecule has 3 heteroatoms. The zero-order valence-electron chi connectivity index (χ0n) is 11.7. The number of rotatable bonds is 6. The first-order valence-corrected chi connectivity index (χ1v) is 6.49. The van der Waals surface area contributed by atoms with Gasteiger partial charge in [0.15, 0.2) is 11.5 Å². The van der Waals surface area contributed by atoms with E-state index in [0.29, 0.717) is 17.9 Å². The molecule has 104 valence electrons. The van der Waals surface area contributed by atoms with Crippen molar-refractivity contribution in [3.05, 3.63) is 59.7 Å². The predicted molar refractivity (Wildman–Crippen MR) is 78.5 cm³/mol. The summed E-state index contributed by atoms with van der Waals surface area (Å²) >= 11 is 0. The van der Waals surface area contributed by atoms with Crippen LogP contribution < -0.4 is 9.47 Å². The van der Waals surface area contributed by atoms with E-state index in [4.69, 9.17) is 9.47 Å². The third-order valence-corrected chi connectivity index (χ3v) is 3.30. The molecule has 0 fully saturated rings. The van der Waals surface area contributed by atoms with E-state index in [-0.39, 0.29) is 5.92 Å². The van der Waals surface area contributed by atoms with Crippen molar-refractivity contribution in [3.63, 3.8) is 0 Å². The molecule has 0 aliphatic heterocycles. The summed E-state index contributed by atoms with van der Waals surface area (Å²) in [7, 11) is 3.19. The Morgan fingerprint density at radius 2 is 1.70 bits per heavy atom. The van der Waals surface area contributed by atoms with Gasteiger partial charge in [0, 0.05) is 5.92 Å². The summed E-state index contributed by atoms with van der Waals surface area (Å²) in [6, 6.07) is 15.6. The molecule has 0 aliphatic carbocycles. The van der Waals surface area contributed by atoms with Crippen molar-refractivity contribution >= 4 is 6.29 Å². The van der Waals surface area contributed by atoms with Crippen LogP contribution in [0.3, 0.4) is 0 Å². The molecule has 0 aliphatic rings. The lowest BCUT2D eigenvalue weighted by atomic mass is 9.93. The van der Waals surface area contributed by atoms with Gasteiger partial charge in [-0.2, -0.15) is 0 Å². The van der Waals surface area contributed by atoms with Gasteiger partial charge in [-0.05, 0) is 29.7 Å². The Hall–Kier alpha value is -2.29. The van der Waals surface area contributed by atoms with Gasteiger partial charge in [0.05, 0.1) is 14.2 Å². The molecule has 1 unspecified atom stereocenters. The summed E-state index contributed by atoms with van der Waals surface area (Å²) in [5.41, 5.74) is 2.07. The van der Waals surface area contributed by atoms with Crippen LogP contribution in [0.25, 0.3) is 0 Å². The fraction of sp³-hybridized carbons (Fsp3) is 0.235. The lowest BCUT2D eigenvalue weighted by molar-refractivity contribution is -0.109. The minimum atomic E-state index is -0.183. The Morgan fingerprint density at radius 3 is 2.30 bits per heavy atom. The summed E-state index contributed by atoms with van der Waals surface area (Å²) in [5, 5.41) is 0. The topological polar surface area (TPSA) is 35.5 Å². The quantitative estimate of drug-likeness (QED) is 0.756. The Labute approximate surface area is 119 Å². The van der Waals surface area contributed by atoms with Gasteiger partial charge >= 0.3 is 0 Å². The molecule has 0 N–H and O–H groups in total. The second-order valence-corrected chi connectivity index (χ2v) is 4.55. The van der Waals surface area contributed by atoms with Crippen molar-refractivity contribution in [3.8, 4) is 11.5 Å². The van der Waals surface area contributed by atoms with Crippen LogP contribution in [0.15, 0.2) is 48.5 Å². The molecule has 2 rings (SSSR count). The average molecular weight is 270 g/mol. The Morgan fingerprint density at radius 1 is 1.00 bits per heavy atom. The highest BCUT2D eigenvalue weighted by molar-refractivity contribution is 5.64. The molecule has 0 saturated heterocycles. The molecule has 0 spiro atoms. The number of carbonyl (C=O) groups excluding carboxylic acids is 1. The first-order chi connectivity index (χ1) is 9.78. The van der Waals surface area contributed by atoms with Crippen molar-refractivity contribution < 1.29 is 14.3 Å². The summed E-state index contributed by atoms with van der Waals surface area (Å²) in [4.78, 5) is 11.4. The van der Waals surface area contributed by atoms with Crippen molar-refractivity contribution in [2.45, 2.75) is 12.3 Å². The van der Waals surface area contributed by atoms with Gasteiger partial charge in [0.2, 0.25) is 0 Å². The van der Waals surface area contributed by atoms with E-state index in [9.17, 15) is 4.79 Å². The minimum Gasteiger partial charge on any atom is -0.493 e. The fourth-order valence-electron chi connectivity index (χ4n) is 2.20. The molecule has 2 aromatic carbocycles. The zero-order chi connectivity index (χ0) is 14.4. The van der Waals surface area contributed by atoms with E-state index in [2.05, 4.69) is 0 Å². The molecular weight excluding hydrogens is 252 g/mol. The van der Waals surface area contributed by atoms with Crippen LogP contribution in [0.2, 0.25) is 0 Å². The fourth-order valence-corrected chi connectivity index (χ4v) is 2.20. The summed E-state index contributed by atoms with van der Waals surface area (Å²) in [6.07, 6.45) is 1.66. The molecule has 3 nitrogen and oxygen atoms in total. The van der Waals surface area contributed by atoms with Crippen molar-refractivity contribution in [2.75, 3.05) is 14.2 Å². The third-order valence-electron chi connectivity index (χ3n) is 3.30. The van der Waals surface area contributed by atoms with Crippen molar-refractivity contribution in [2.24, 2.45) is 0 Å². The Bertz CT molecular complexity index is 564. The van der Waals surface area contributed by atoms with Crippen LogP contribution in [0.4, 0.5) is 0 Å². The molecule has 0 aromatic heterocycles. The van der Waals surface area contributed by atoms with Gasteiger partial charge in [-0.15, -0.1) is 0 Å². The maximum absolute atomic E-state index is 11.4. The van der Waals surface area contributed by atoms with Gasteiger partial charge in [-0.3, -0.25) is 0 Å². The van der Waals surface area contributed by atoms with Gasteiger partial charge < -0.3 is 14.3 Å². The van der Waals surface area contributed by atoms with E-state index in [0.717, 1.165) is 17.4 Å². The smallest absolute Gasteiger partial charge is 0.161 e. The monoisotopic (exact) mass is 270 g/mol. The SMILES string of the molecule is COc1ccc(C(C=O)Cc2ccccc2)cc1OC. The van der Waals surface area contributed by atoms with E-state index in [1.807, 2.05) is 48.5 Å². The van der Waals surface area contributed by atoms with E-state index in [1.165, 1.54) is 0 Å². The molecular formula is C17H18O3. The Kier molecular flexibility index (Phi) is 4.77. The molecule has 0 amide bonds. The summed E-state index contributed by atoms with van der Waals surface area (Å²) < 4.78 is 10.5. The van der Waals surface area contributed by atoms with E-state index in [1.54, 1.807) is 14.2 Å². The second kappa shape index (κ2) is 6.75. The maximum Gasteiger partial charge on any atom is 0.161 e. The predicted octanol–water partition coefficient (Wildman–Crippen LogP) is 3.23. The van der Waals surface area contributed by atoms with Crippen LogP contribution in [-0.2, 0) is 11.2 Å². The number of methoxy groups -OCH3 is 2. The van der Waals surface area contributed by atoms with Crippen molar-refractivity contribution in [1.82, 2.24) is 0 Å². The number of benzene rings is 2. The number of carbonyl (C=O) groups is 1. The van der Waals surface area contributed by atoms with Crippen LogP contribution in [-0.4, -0.2) is 20.5 Å². The van der Waals surface area contributed by atoms with Crippen LogP contribution >= 0.6 is 0 Å². The molecule has 20 heavy (non-hydrogen) atoms. The summed E-state index contributed by atoms with van der Waals surface area (Å²) in [6.45, 7) is 0. The number of hydrogen-bond acceptors (Lipinski definition) is 3. The zero-order valence-corrected chi connectivity index (χ0v) is 11.7. The molecule has 0 heterocycles. The highest BCUT2D eigenvalue weighted by Crippen LogP contribution is 2.31. The first-order valence-electron chi connectivity index (χ1n) is 6.49. The Balaban J connectivity index is 2.25. The molecule has 1 atom stereocenters. The number of ether oxygens (including phenoxy) is 2. The normalized spacial score (nSPS) is 11.7. The highest BCUT2D eigenvalue weighted by atomic mass is 16.5. The summed E-state index contributed by atoms with van der Waals surface area (Å²) in [5.74, 6) is 1.13. The molecule has 0 bridgehead atoms. The lowest BCUT2D eigenvalue weighted by Crippen LogP contribution is -2.05. The lowest BCUT2D eigenvalue weighted by Gasteiger charge is -2.14. The van der Waals surface area contributed by atoms with Crippen molar-refractivity contribution in [1.29, 1.82) is 0 Å². The highest BCUT2D eigenvalue weighted by Gasteiger charge is 2.14. The standard InChI is InChI=1S/C17H18O3/c1-19-16-9-8-14(11-17(16)20-2)15(12-18)10-13-6-4-3-5-7-13/h3-9,11-12,15H,10H2,1-2H3. The van der Waals surface area contributed by atoms with Gasteiger partial charge in [0.1, 0.15) is 6.29 Å². The van der Waals surface area contributed by atoms with Gasteiger partial charge in [-0.25, -0.2) is 0 Å².